The zero-order valence-electron chi connectivity index (χ0n) is 10.6. The van der Waals surface area contributed by atoms with Crippen molar-refractivity contribution in [2.75, 3.05) is 12.3 Å². The van der Waals surface area contributed by atoms with Gasteiger partial charge in [0, 0.05) is 17.9 Å². The fourth-order valence-electron chi connectivity index (χ4n) is 1.60. The third kappa shape index (κ3) is 3.11. The molecule has 2 rings (SSSR count). The predicted molar refractivity (Wildman–Crippen MR) is 72.0 cm³/mol. The number of aliphatic hydroxyl groups is 1. The van der Waals surface area contributed by atoms with Crippen LogP contribution in [0.2, 0.25) is 0 Å². The number of rotatable bonds is 4. The van der Waals surface area contributed by atoms with Gasteiger partial charge in [-0.05, 0) is 31.2 Å². The summed E-state index contributed by atoms with van der Waals surface area (Å²) in [4.78, 5) is 11.8. The average molecular weight is 260 g/mol. The molecule has 0 saturated carbocycles. The summed E-state index contributed by atoms with van der Waals surface area (Å²) in [5, 5.41) is 15.7. The lowest BCUT2D eigenvalue weighted by Gasteiger charge is -2.08. The molecule has 0 aliphatic rings. The van der Waals surface area contributed by atoms with E-state index >= 15 is 0 Å². The second kappa shape index (κ2) is 5.53. The fraction of sp³-hybridized carbons (Fsp3) is 0.231. The van der Waals surface area contributed by atoms with Crippen LogP contribution in [0.4, 0.5) is 5.69 Å². The standard InChI is InChI=1S/C13H16N4O2/c1-9(8-18)15-13(19)12-5-6-17(16-12)11-4-2-3-10(14)7-11/h2-7,9,18H,8,14H2,1H3,(H,15,19)/t9-/m0/s1. The van der Waals surface area contributed by atoms with Gasteiger partial charge in [0.1, 0.15) is 0 Å². The zero-order chi connectivity index (χ0) is 13.8. The number of amides is 1. The van der Waals surface area contributed by atoms with Crippen molar-refractivity contribution in [3.63, 3.8) is 0 Å². The van der Waals surface area contributed by atoms with E-state index in [1.807, 2.05) is 12.1 Å². The van der Waals surface area contributed by atoms with Gasteiger partial charge in [0.2, 0.25) is 0 Å². The number of aliphatic hydroxyl groups excluding tert-OH is 1. The van der Waals surface area contributed by atoms with Crippen LogP contribution in [-0.4, -0.2) is 33.4 Å². The molecule has 0 bridgehead atoms. The Morgan fingerprint density at radius 3 is 3.00 bits per heavy atom. The number of carbonyl (C=O) groups is 1. The molecular weight excluding hydrogens is 244 g/mol. The van der Waals surface area contributed by atoms with Crippen molar-refractivity contribution in [2.45, 2.75) is 13.0 Å². The fourth-order valence-corrected chi connectivity index (χ4v) is 1.60. The molecule has 1 aromatic heterocycles. The maximum Gasteiger partial charge on any atom is 0.272 e. The third-order valence-corrected chi connectivity index (χ3v) is 2.61. The second-order valence-electron chi connectivity index (χ2n) is 4.30. The van der Waals surface area contributed by atoms with E-state index in [0.717, 1.165) is 5.69 Å². The van der Waals surface area contributed by atoms with Crippen molar-refractivity contribution in [1.29, 1.82) is 0 Å². The van der Waals surface area contributed by atoms with E-state index in [-0.39, 0.29) is 18.6 Å². The van der Waals surface area contributed by atoms with Crippen LogP contribution < -0.4 is 11.1 Å². The minimum Gasteiger partial charge on any atom is -0.399 e. The quantitative estimate of drug-likeness (QED) is 0.700. The molecule has 1 aromatic carbocycles. The van der Waals surface area contributed by atoms with Crippen molar-refractivity contribution in [3.05, 3.63) is 42.2 Å². The average Bonchev–Trinajstić information content (AvgIpc) is 2.88. The molecule has 4 N–H and O–H groups in total. The van der Waals surface area contributed by atoms with Gasteiger partial charge in [0.15, 0.2) is 5.69 Å². The Hall–Kier alpha value is -2.34. The smallest absolute Gasteiger partial charge is 0.272 e. The van der Waals surface area contributed by atoms with Gasteiger partial charge in [-0.2, -0.15) is 5.10 Å². The van der Waals surface area contributed by atoms with Crippen molar-refractivity contribution >= 4 is 11.6 Å². The topological polar surface area (TPSA) is 93.2 Å². The van der Waals surface area contributed by atoms with E-state index in [1.54, 1.807) is 36.0 Å². The van der Waals surface area contributed by atoms with Crippen LogP contribution in [0.3, 0.4) is 0 Å². The number of nitrogen functional groups attached to an aromatic ring is 1. The number of carbonyl (C=O) groups excluding carboxylic acids is 1. The molecular formula is C13H16N4O2. The first-order valence-electron chi connectivity index (χ1n) is 5.93. The molecule has 0 aliphatic carbocycles. The summed E-state index contributed by atoms with van der Waals surface area (Å²) in [5.41, 5.74) is 7.41. The van der Waals surface area contributed by atoms with E-state index in [0.29, 0.717) is 11.4 Å². The molecule has 0 spiro atoms. The molecule has 6 nitrogen and oxygen atoms in total. The van der Waals surface area contributed by atoms with Crippen LogP contribution in [0.15, 0.2) is 36.5 Å². The van der Waals surface area contributed by atoms with Gasteiger partial charge < -0.3 is 16.2 Å². The number of nitrogens with zero attached hydrogens (tertiary/aromatic N) is 2. The summed E-state index contributed by atoms with van der Waals surface area (Å²) < 4.78 is 1.58. The molecule has 2 aromatic rings. The Morgan fingerprint density at radius 2 is 2.32 bits per heavy atom. The van der Waals surface area contributed by atoms with Gasteiger partial charge >= 0.3 is 0 Å². The van der Waals surface area contributed by atoms with Crippen molar-refractivity contribution in [3.8, 4) is 5.69 Å². The minimum absolute atomic E-state index is 0.109. The summed E-state index contributed by atoms with van der Waals surface area (Å²) in [5.74, 6) is -0.316. The van der Waals surface area contributed by atoms with E-state index in [9.17, 15) is 4.79 Å². The van der Waals surface area contributed by atoms with Crippen LogP contribution >= 0.6 is 0 Å². The van der Waals surface area contributed by atoms with Gasteiger partial charge in [-0.1, -0.05) is 6.07 Å². The van der Waals surface area contributed by atoms with E-state index in [1.165, 1.54) is 0 Å². The Kier molecular flexibility index (Phi) is 3.82. The number of aromatic nitrogens is 2. The largest absolute Gasteiger partial charge is 0.399 e. The maximum atomic E-state index is 11.8. The summed E-state index contributed by atoms with van der Waals surface area (Å²) in [6, 6.07) is 8.53. The third-order valence-electron chi connectivity index (χ3n) is 2.61. The first-order chi connectivity index (χ1) is 9.10. The summed E-state index contributed by atoms with van der Waals surface area (Å²) in [6.45, 7) is 1.61. The number of benzene rings is 1. The van der Waals surface area contributed by atoms with Gasteiger partial charge in [0.05, 0.1) is 12.3 Å². The van der Waals surface area contributed by atoms with Gasteiger partial charge in [-0.25, -0.2) is 4.68 Å². The predicted octanol–water partition coefficient (Wildman–Crippen LogP) is 0.565. The zero-order valence-corrected chi connectivity index (χ0v) is 10.6. The summed E-state index contributed by atoms with van der Waals surface area (Å²) >= 11 is 0. The van der Waals surface area contributed by atoms with Crippen molar-refractivity contribution in [1.82, 2.24) is 15.1 Å². The highest BCUT2D eigenvalue weighted by Gasteiger charge is 2.12. The Morgan fingerprint density at radius 1 is 1.53 bits per heavy atom. The highest BCUT2D eigenvalue weighted by molar-refractivity contribution is 5.92. The molecule has 0 saturated heterocycles. The molecule has 1 heterocycles. The SMILES string of the molecule is C[C@@H](CO)NC(=O)c1ccn(-c2cccc(N)c2)n1. The number of hydrogen-bond donors (Lipinski definition) is 3. The number of anilines is 1. The highest BCUT2D eigenvalue weighted by atomic mass is 16.3. The molecule has 6 heteroatoms. The van der Waals surface area contributed by atoms with E-state index in [2.05, 4.69) is 10.4 Å². The first kappa shape index (κ1) is 13.1. The lowest BCUT2D eigenvalue weighted by molar-refractivity contribution is 0.0917. The summed E-state index contributed by atoms with van der Waals surface area (Å²) in [6.07, 6.45) is 1.69. The highest BCUT2D eigenvalue weighted by Crippen LogP contribution is 2.11. The first-order valence-corrected chi connectivity index (χ1v) is 5.93. The van der Waals surface area contributed by atoms with E-state index < -0.39 is 0 Å². The Bertz CT molecular complexity index is 580. The molecule has 1 amide bonds. The van der Waals surface area contributed by atoms with E-state index in [4.69, 9.17) is 10.8 Å². The Balaban J connectivity index is 2.17. The molecule has 0 radical (unpaired) electrons. The molecule has 19 heavy (non-hydrogen) atoms. The summed E-state index contributed by atoms with van der Waals surface area (Å²) in [7, 11) is 0. The number of hydrogen-bond acceptors (Lipinski definition) is 4. The van der Waals surface area contributed by atoms with Gasteiger partial charge in [-0.3, -0.25) is 4.79 Å². The van der Waals surface area contributed by atoms with Crippen LogP contribution in [0, 0.1) is 0 Å². The normalized spacial score (nSPS) is 12.1. The lowest BCUT2D eigenvalue weighted by Crippen LogP contribution is -2.35. The number of nitrogens with two attached hydrogens (primary N) is 1. The molecule has 0 unspecified atom stereocenters. The van der Waals surface area contributed by atoms with Crippen LogP contribution in [0.25, 0.3) is 5.69 Å². The monoisotopic (exact) mass is 260 g/mol. The van der Waals surface area contributed by atoms with Crippen molar-refractivity contribution in [2.24, 2.45) is 0 Å². The Labute approximate surface area is 110 Å². The van der Waals surface area contributed by atoms with Gasteiger partial charge in [-0.15, -0.1) is 0 Å². The molecule has 0 aliphatic heterocycles. The lowest BCUT2D eigenvalue weighted by atomic mass is 10.3. The maximum absolute atomic E-state index is 11.8. The second-order valence-corrected chi connectivity index (χ2v) is 4.30. The van der Waals surface area contributed by atoms with Crippen LogP contribution in [0.1, 0.15) is 17.4 Å². The number of nitrogens with one attached hydrogen (secondary N) is 1. The molecule has 0 fully saturated rings. The molecule has 100 valence electrons. The molecule has 1 atom stereocenters. The minimum atomic E-state index is -0.316. The van der Waals surface area contributed by atoms with Crippen molar-refractivity contribution < 1.29 is 9.90 Å². The van der Waals surface area contributed by atoms with Crippen LogP contribution in [-0.2, 0) is 0 Å². The van der Waals surface area contributed by atoms with Crippen LogP contribution in [0.5, 0.6) is 0 Å². The van der Waals surface area contributed by atoms with Gasteiger partial charge in [0.25, 0.3) is 5.91 Å².